The third-order valence-electron chi connectivity index (χ3n) is 3.90. The number of nitrogens with zero attached hydrogens (tertiary/aromatic N) is 1. The summed E-state index contributed by atoms with van der Waals surface area (Å²) in [5.74, 6) is 0.319. The van der Waals surface area contributed by atoms with Gasteiger partial charge in [-0.1, -0.05) is 29.4 Å². The molecule has 6 nitrogen and oxygen atoms in total. The van der Waals surface area contributed by atoms with Crippen molar-refractivity contribution in [3.63, 3.8) is 0 Å². The fourth-order valence-corrected chi connectivity index (χ4v) is 3.84. The summed E-state index contributed by atoms with van der Waals surface area (Å²) in [6.07, 6.45) is 1.69. The van der Waals surface area contributed by atoms with E-state index in [0.717, 1.165) is 22.3 Å². The molecule has 0 aliphatic carbocycles. The molecule has 1 fully saturated rings. The highest BCUT2D eigenvalue weighted by molar-refractivity contribution is 8.26. The Morgan fingerprint density at radius 3 is 2.62 bits per heavy atom. The van der Waals surface area contributed by atoms with Crippen LogP contribution in [0.15, 0.2) is 47.4 Å². The van der Waals surface area contributed by atoms with Crippen LogP contribution in [-0.2, 0) is 4.79 Å². The molecule has 9 heteroatoms. The second-order valence-electron chi connectivity index (χ2n) is 5.81. The number of hydrazine groups is 1. The lowest BCUT2D eigenvalue weighted by molar-refractivity contribution is -0.123. The quantitative estimate of drug-likeness (QED) is 0.525. The second-order valence-corrected chi connectivity index (χ2v) is 7.92. The first-order chi connectivity index (χ1) is 13.9. The van der Waals surface area contributed by atoms with E-state index in [1.807, 2.05) is 13.0 Å². The summed E-state index contributed by atoms with van der Waals surface area (Å²) in [6.45, 7) is 2.40. The zero-order valence-corrected chi connectivity index (χ0v) is 18.0. The van der Waals surface area contributed by atoms with Crippen molar-refractivity contribution < 1.29 is 19.1 Å². The standard InChI is InChI=1S/C20H17ClN2O4S2/c1-3-27-15-9-4-12(10-16(15)26-2)11-17-19(25)23(20(28)29-17)22-18(24)13-5-7-14(21)8-6-13/h4-11H,3H2,1-2H3,(H,22,24). The molecule has 150 valence electrons. The van der Waals surface area contributed by atoms with Crippen LogP contribution in [0.25, 0.3) is 6.08 Å². The largest absolute Gasteiger partial charge is 0.493 e. The van der Waals surface area contributed by atoms with Crippen LogP contribution in [0.2, 0.25) is 5.02 Å². The van der Waals surface area contributed by atoms with E-state index in [9.17, 15) is 9.59 Å². The molecule has 0 atom stereocenters. The highest BCUT2D eigenvalue weighted by atomic mass is 35.5. The molecule has 0 bridgehead atoms. The number of hydrogen-bond donors (Lipinski definition) is 1. The molecule has 29 heavy (non-hydrogen) atoms. The van der Waals surface area contributed by atoms with Gasteiger partial charge in [-0.3, -0.25) is 15.0 Å². The lowest BCUT2D eigenvalue weighted by atomic mass is 10.2. The third-order valence-corrected chi connectivity index (χ3v) is 5.45. The predicted octanol–water partition coefficient (Wildman–Crippen LogP) is 4.29. The molecule has 2 aromatic rings. The average molecular weight is 449 g/mol. The maximum absolute atomic E-state index is 12.7. The van der Waals surface area contributed by atoms with E-state index in [2.05, 4.69) is 5.43 Å². The van der Waals surface area contributed by atoms with Crippen LogP contribution >= 0.6 is 35.6 Å². The van der Waals surface area contributed by atoms with E-state index in [1.54, 1.807) is 49.6 Å². The molecule has 1 aliphatic rings. The number of amides is 2. The normalized spacial score (nSPS) is 15.0. The number of thiocarbonyl (C=S) groups is 1. The lowest BCUT2D eigenvalue weighted by Gasteiger charge is -2.15. The minimum Gasteiger partial charge on any atom is -0.493 e. The number of methoxy groups -OCH3 is 1. The van der Waals surface area contributed by atoms with Crippen molar-refractivity contribution in [3.05, 3.63) is 63.5 Å². The number of benzene rings is 2. The summed E-state index contributed by atoms with van der Waals surface area (Å²) in [5.41, 5.74) is 3.64. The van der Waals surface area contributed by atoms with Crippen LogP contribution in [0.5, 0.6) is 11.5 Å². The molecular weight excluding hydrogens is 432 g/mol. The Labute approximate surface area is 182 Å². The van der Waals surface area contributed by atoms with Crippen molar-refractivity contribution >= 4 is 57.8 Å². The van der Waals surface area contributed by atoms with Crippen molar-refractivity contribution in [3.8, 4) is 11.5 Å². The van der Waals surface area contributed by atoms with Crippen LogP contribution in [0, 0.1) is 0 Å². The maximum Gasteiger partial charge on any atom is 0.285 e. The molecule has 1 heterocycles. The van der Waals surface area contributed by atoms with Crippen LogP contribution in [0.4, 0.5) is 0 Å². The van der Waals surface area contributed by atoms with Crippen LogP contribution in [0.3, 0.4) is 0 Å². The van der Waals surface area contributed by atoms with E-state index in [1.165, 1.54) is 0 Å². The Morgan fingerprint density at radius 2 is 1.97 bits per heavy atom. The van der Waals surface area contributed by atoms with Crippen LogP contribution in [-0.4, -0.2) is 34.9 Å². The van der Waals surface area contributed by atoms with Crippen molar-refractivity contribution in [2.75, 3.05) is 13.7 Å². The molecule has 1 saturated heterocycles. The summed E-state index contributed by atoms with van der Waals surface area (Å²) in [4.78, 5) is 25.5. The monoisotopic (exact) mass is 448 g/mol. The molecule has 2 aromatic carbocycles. The van der Waals surface area contributed by atoms with Gasteiger partial charge in [-0.05, 0) is 67.2 Å². The lowest BCUT2D eigenvalue weighted by Crippen LogP contribution is -2.44. The summed E-state index contributed by atoms with van der Waals surface area (Å²) < 4.78 is 11.1. The van der Waals surface area contributed by atoms with Gasteiger partial charge < -0.3 is 9.47 Å². The van der Waals surface area contributed by atoms with Crippen LogP contribution < -0.4 is 14.9 Å². The summed E-state index contributed by atoms with van der Waals surface area (Å²) in [6, 6.07) is 11.7. The van der Waals surface area contributed by atoms with E-state index in [4.69, 9.17) is 33.3 Å². The molecule has 1 N–H and O–H groups in total. The fraction of sp³-hybridized carbons (Fsp3) is 0.150. The SMILES string of the molecule is CCOc1ccc(C=C2SC(=S)N(NC(=O)c3ccc(Cl)cc3)C2=O)cc1OC. The maximum atomic E-state index is 12.7. The third kappa shape index (κ3) is 4.90. The topological polar surface area (TPSA) is 67.9 Å². The van der Waals surface area contributed by atoms with Gasteiger partial charge in [0.25, 0.3) is 11.8 Å². The molecule has 0 spiro atoms. The van der Waals surface area contributed by atoms with Gasteiger partial charge in [0.1, 0.15) is 0 Å². The zero-order chi connectivity index (χ0) is 21.0. The molecule has 0 aromatic heterocycles. The Kier molecular flexibility index (Phi) is 6.79. The van der Waals surface area contributed by atoms with Gasteiger partial charge in [-0.25, -0.2) is 0 Å². The van der Waals surface area contributed by atoms with Gasteiger partial charge in [0, 0.05) is 10.6 Å². The number of carbonyl (C=O) groups is 2. The van der Waals surface area contributed by atoms with E-state index in [0.29, 0.717) is 33.6 Å². The van der Waals surface area contributed by atoms with Crippen molar-refractivity contribution in [2.45, 2.75) is 6.92 Å². The highest BCUT2D eigenvalue weighted by Gasteiger charge is 2.33. The molecule has 3 rings (SSSR count). The van der Waals surface area contributed by atoms with Gasteiger partial charge in [-0.2, -0.15) is 5.01 Å². The molecule has 0 saturated carbocycles. The molecule has 2 amide bonds. The van der Waals surface area contributed by atoms with Crippen LogP contribution in [0.1, 0.15) is 22.8 Å². The first kappa shape index (κ1) is 21.2. The predicted molar refractivity (Wildman–Crippen MR) is 118 cm³/mol. The molecule has 0 unspecified atom stereocenters. The van der Waals surface area contributed by atoms with Crippen molar-refractivity contribution in [1.29, 1.82) is 0 Å². The number of thioether (sulfide) groups is 1. The van der Waals surface area contributed by atoms with Gasteiger partial charge in [0.15, 0.2) is 15.8 Å². The fourth-order valence-electron chi connectivity index (χ4n) is 2.53. The first-order valence-corrected chi connectivity index (χ1v) is 10.2. The minimum atomic E-state index is -0.457. The zero-order valence-electron chi connectivity index (χ0n) is 15.6. The van der Waals surface area contributed by atoms with E-state index in [-0.39, 0.29) is 4.32 Å². The summed E-state index contributed by atoms with van der Waals surface area (Å²) in [5, 5.41) is 1.58. The van der Waals surface area contributed by atoms with E-state index < -0.39 is 11.8 Å². The number of hydrogen-bond acceptors (Lipinski definition) is 6. The van der Waals surface area contributed by atoms with Crippen molar-refractivity contribution in [1.82, 2.24) is 10.4 Å². The van der Waals surface area contributed by atoms with Gasteiger partial charge in [-0.15, -0.1) is 0 Å². The molecule has 0 radical (unpaired) electrons. The number of rotatable bonds is 6. The van der Waals surface area contributed by atoms with Gasteiger partial charge >= 0.3 is 0 Å². The van der Waals surface area contributed by atoms with Gasteiger partial charge in [0.2, 0.25) is 0 Å². The summed E-state index contributed by atoms with van der Waals surface area (Å²) >= 11 is 12.2. The Morgan fingerprint density at radius 1 is 1.24 bits per heavy atom. The number of carbonyl (C=O) groups excluding carboxylic acids is 2. The number of halogens is 1. The molecular formula is C20H17ClN2O4S2. The van der Waals surface area contributed by atoms with Gasteiger partial charge in [0.05, 0.1) is 18.6 Å². The van der Waals surface area contributed by atoms with E-state index >= 15 is 0 Å². The summed E-state index contributed by atoms with van der Waals surface area (Å²) in [7, 11) is 1.55. The van der Waals surface area contributed by atoms with Crippen molar-refractivity contribution in [2.24, 2.45) is 0 Å². The first-order valence-electron chi connectivity index (χ1n) is 8.58. The Bertz CT molecular complexity index is 992. The Balaban J connectivity index is 1.77. The number of nitrogens with one attached hydrogen (secondary N) is 1. The molecule has 1 aliphatic heterocycles. The highest BCUT2D eigenvalue weighted by Crippen LogP contribution is 2.34. The smallest absolute Gasteiger partial charge is 0.285 e. The average Bonchev–Trinajstić information content (AvgIpc) is 2.97. The minimum absolute atomic E-state index is 0.237. The second kappa shape index (κ2) is 9.30. The number of ether oxygens (including phenoxy) is 2. The Hall–Kier alpha value is -2.55.